The van der Waals surface area contributed by atoms with Gasteiger partial charge >= 0.3 is 0 Å². The van der Waals surface area contributed by atoms with E-state index in [1.54, 1.807) is 30.4 Å². The molecule has 0 fully saturated rings. The minimum atomic E-state index is 0.513. The lowest BCUT2D eigenvalue weighted by atomic mass is 10.3. The van der Waals surface area contributed by atoms with Crippen molar-refractivity contribution >= 4 is 5.69 Å². The molecule has 0 radical (unpaired) electrons. The van der Waals surface area contributed by atoms with Crippen LogP contribution in [0.15, 0.2) is 24.7 Å². The Morgan fingerprint density at radius 2 is 2.33 bits per heavy atom. The predicted molar refractivity (Wildman–Crippen MR) is 55.3 cm³/mol. The van der Waals surface area contributed by atoms with Crippen LogP contribution in [0.1, 0.15) is 0 Å². The number of nitrogens with one attached hydrogen (secondary N) is 1. The third kappa shape index (κ3) is 1.74. The van der Waals surface area contributed by atoms with Crippen molar-refractivity contribution in [1.29, 1.82) is 0 Å². The minimum Gasteiger partial charge on any atom is -0.479 e. The van der Waals surface area contributed by atoms with Crippen LogP contribution in [0.25, 0.3) is 5.69 Å². The van der Waals surface area contributed by atoms with E-state index < -0.39 is 0 Å². The summed E-state index contributed by atoms with van der Waals surface area (Å²) in [5.41, 5.74) is 1.64. The van der Waals surface area contributed by atoms with Crippen molar-refractivity contribution in [2.24, 2.45) is 0 Å². The number of pyridine rings is 1. The highest BCUT2D eigenvalue weighted by atomic mass is 16.5. The number of hydrogen-bond acceptors (Lipinski definition) is 5. The highest BCUT2D eigenvalue weighted by Crippen LogP contribution is 2.21. The molecule has 15 heavy (non-hydrogen) atoms. The Hall–Kier alpha value is -2.11. The van der Waals surface area contributed by atoms with Gasteiger partial charge in [0.15, 0.2) is 0 Å². The first-order valence-electron chi connectivity index (χ1n) is 4.43. The Morgan fingerprint density at radius 3 is 2.93 bits per heavy atom. The first kappa shape index (κ1) is 9.45. The molecule has 0 saturated heterocycles. The van der Waals surface area contributed by atoms with Crippen molar-refractivity contribution in [2.75, 3.05) is 19.5 Å². The molecule has 6 nitrogen and oxygen atoms in total. The summed E-state index contributed by atoms with van der Waals surface area (Å²) in [5, 5.41) is 10.6. The molecule has 0 amide bonds. The summed E-state index contributed by atoms with van der Waals surface area (Å²) < 4.78 is 6.74. The summed E-state index contributed by atoms with van der Waals surface area (Å²) >= 11 is 0. The van der Waals surface area contributed by atoms with Crippen LogP contribution in [0.3, 0.4) is 0 Å². The number of nitrogens with zero attached hydrogens (tertiary/aromatic N) is 4. The monoisotopic (exact) mass is 205 g/mol. The van der Waals surface area contributed by atoms with Gasteiger partial charge in [0, 0.05) is 7.05 Å². The molecule has 0 aliphatic carbocycles. The van der Waals surface area contributed by atoms with Gasteiger partial charge in [-0.2, -0.15) is 0 Å². The van der Waals surface area contributed by atoms with E-state index in [0.717, 1.165) is 11.4 Å². The number of ether oxygens (including phenoxy) is 1. The van der Waals surface area contributed by atoms with Crippen molar-refractivity contribution in [3.8, 4) is 11.6 Å². The van der Waals surface area contributed by atoms with E-state index >= 15 is 0 Å². The highest BCUT2D eigenvalue weighted by molar-refractivity contribution is 5.53. The summed E-state index contributed by atoms with van der Waals surface area (Å²) in [6, 6.07) is 1.89. The Morgan fingerprint density at radius 1 is 1.47 bits per heavy atom. The Labute approximate surface area is 86.9 Å². The summed E-state index contributed by atoms with van der Waals surface area (Å²) in [5.74, 6) is 0.513. The van der Waals surface area contributed by atoms with E-state index in [9.17, 15) is 0 Å². The second-order valence-electron chi connectivity index (χ2n) is 2.85. The SMILES string of the molecule is CNc1cnc(OC)c(-n2ccnn2)c1. The molecule has 1 N–H and O–H groups in total. The predicted octanol–water partition coefficient (Wildman–Crippen LogP) is 0.713. The summed E-state index contributed by atoms with van der Waals surface area (Å²) in [6.45, 7) is 0. The average Bonchev–Trinajstić information content (AvgIpc) is 2.81. The Kier molecular flexibility index (Phi) is 2.49. The van der Waals surface area contributed by atoms with E-state index in [1.165, 1.54) is 0 Å². The average molecular weight is 205 g/mol. The van der Waals surface area contributed by atoms with Gasteiger partial charge in [-0.3, -0.25) is 0 Å². The molecule has 0 aliphatic heterocycles. The molecule has 0 spiro atoms. The van der Waals surface area contributed by atoms with Gasteiger partial charge in [-0.1, -0.05) is 5.21 Å². The van der Waals surface area contributed by atoms with Gasteiger partial charge in [0.2, 0.25) is 5.88 Å². The smallest absolute Gasteiger partial charge is 0.239 e. The van der Waals surface area contributed by atoms with E-state index in [0.29, 0.717) is 5.88 Å². The molecule has 0 unspecified atom stereocenters. The minimum absolute atomic E-state index is 0.513. The van der Waals surface area contributed by atoms with Crippen LogP contribution < -0.4 is 10.1 Å². The van der Waals surface area contributed by atoms with Crippen LogP contribution in [0.2, 0.25) is 0 Å². The van der Waals surface area contributed by atoms with Crippen LogP contribution in [-0.2, 0) is 0 Å². The second-order valence-corrected chi connectivity index (χ2v) is 2.85. The lowest BCUT2D eigenvalue weighted by molar-refractivity contribution is 0.394. The maximum atomic E-state index is 5.14. The van der Waals surface area contributed by atoms with Gasteiger partial charge in [-0.15, -0.1) is 5.10 Å². The normalized spacial score (nSPS) is 10.0. The molecule has 2 aromatic heterocycles. The molecule has 2 aromatic rings. The molecule has 78 valence electrons. The quantitative estimate of drug-likeness (QED) is 0.799. The van der Waals surface area contributed by atoms with Gasteiger partial charge in [0.25, 0.3) is 0 Å². The molecular weight excluding hydrogens is 194 g/mol. The van der Waals surface area contributed by atoms with E-state index in [2.05, 4.69) is 20.6 Å². The molecule has 0 aromatic carbocycles. The molecular formula is C9H11N5O. The largest absolute Gasteiger partial charge is 0.479 e. The van der Waals surface area contributed by atoms with Crippen molar-refractivity contribution in [3.63, 3.8) is 0 Å². The fourth-order valence-corrected chi connectivity index (χ4v) is 1.24. The molecule has 0 bridgehead atoms. The molecule has 0 atom stereocenters. The van der Waals surface area contributed by atoms with Crippen LogP contribution >= 0.6 is 0 Å². The fourth-order valence-electron chi connectivity index (χ4n) is 1.24. The maximum absolute atomic E-state index is 5.14. The number of anilines is 1. The summed E-state index contributed by atoms with van der Waals surface area (Å²) in [7, 11) is 3.40. The lowest BCUT2D eigenvalue weighted by Gasteiger charge is -2.08. The van der Waals surface area contributed by atoms with Crippen LogP contribution in [0.4, 0.5) is 5.69 Å². The van der Waals surface area contributed by atoms with Gasteiger partial charge in [-0.25, -0.2) is 9.67 Å². The third-order valence-corrected chi connectivity index (χ3v) is 1.98. The Bertz CT molecular complexity index is 440. The molecule has 2 heterocycles. The summed E-state index contributed by atoms with van der Waals surface area (Å²) in [6.07, 6.45) is 5.03. The van der Waals surface area contributed by atoms with Crippen molar-refractivity contribution < 1.29 is 4.74 Å². The van der Waals surface area contributed by atoms with Crippen LogP contribution in [0.5, 0.6) is 5.88 Å². The zero-order valence-electron chi connectivity index (χ0n) is 8.51. The molecule has 0 aliphatic rings. The van der Waals surface area contributed by atoms with Gasteiger partial charge in [0.1, 0.15) is 5.69 Å². The van der Waals surface area contributed by atoms with E-state index in [1.807, 2.05) is 13.1 Å². The first-order valence-corrected chi connectivity index (χ1v) is 4.43. The Balaban J connectivity index is 2.52. The first-order chi connectivity index (χ1) is 7.35. The van der Waals surface area contributed by atoms with E-state index in [-0.39, 0.29) is 0 Å². The fraction of sp³-hybridized carbons (Fsp3) is 0.222. The zero-order chi connectivity index (χ0) is 10.7. The molecule has 0 saturated carbocycles. The van der Waals surface area contributed by atoms with Crippen molar-refractivity contribution in [1.82, 2.24) is 20.0 Å². The van der Waals surface area contributed by atoms with Crippen LogP contribution in [0, 0.1) is 0 Å². The van der Waals surface area contributed by atoms with Gasteiger partial charge in [-0.05, 0) is 6.07 Å². The lowest BCUT2D eigenvalue weighted by Crippen LogP contribution is -2.02. The maximum Gasteiger partial charge on any atom is 0.239 e. The third-order valence-electron chi connectivity index (χ3n) is 1.98. The number of hydrogen-bond donors (Lipinski definition) is 1. The van der Waals surface area contributed by atoms with Crippen molar-refractivity contribution in [3.05, 3.63) is 24.7 Å². The number of rotatable bonds is 3. The number of aromatic nitrogens is 4. The standard InChI is InChI=1S/C9H11N5O/c1-10-7-5-8(9(15-2)11-6-7)14-4-3-12-13-14/h3-6,10H,1-2H3. The number of methoxy groups -OCH3 is 1. The second kappa shape index (κ2) is 3.95. The summed E-state index contributed by atoms with van der Waals surface area (Å²) in [4.78, 5) is 4.15. The topological polar surface area (TPSA) is 64.9 Å². The van der Waals surface area contributed by atoms with Gasteiger partial charge < -0.3 is 10.1 Å². The highest BCUT2D eigenvalue weighted by Gasteiger charge is 2.08. The molecule has 2 rings (SSSR count). The van der Waals surface area contributed by atoms with E-state index in [4.69, 9.17) is 4.74 Å². The van der Waals surface area contributed by atoms with Crippen molar-refractivity contribution in [2.45, 2.75) is 0 Å². The zero-order valence-corrected chi connectivity index (χ0v) is 8.51. The molecule has 6 heteroatoms. The van der Waals surface area contributed by atoms with Crippen LogP contribution in [-0.4, -0.2) is 34.1 Å². The van der Waals surface area contributed by atoms with Gasteiger partial charge in [0.05, 0.1) is 31.4 Å².